The highest BCUT2D eigenvalue weighted by Gasteiger charge is 2.19. The van der Waals surface area contributed by atoms with E-state index in [9.17, 15) is 4.79 Å². The minimum Gasteiger partial charge on any atom is -0.388 e. The summed E-state index contributed by atoms with van der Waals surface area (Å²) < 4.78 is 4.25. The fourth-order valence-electron chi connectivity index (χ4n) is 1.83. The second-order valence-corrected chi connectivity index (χ2v) is 4.43. The highest BCUT2D eigenvalue weighted by molar-refractivity contribution is 5.94. The van der Waals surface area contributed by atoms with E-state index < -0.39 is 0 Å². The Bertz CT molecular complexity index is 313. The molecule has 0 aliphatic carbocycles. The molecular formula is C18H33NO2. The maximum Gasteiger partial charge on any atom is 0.250 e. The number of hydrogen-bond acceptors (Lipinski definition) is 2. The van der Waals surface area contributed by atoms with Gasteiger partial charge in [0, 0.05) is 32.9 Å². The van der Waals surface area contributed by atoms with Gasteiger partial charge < -0.3 is 9.64 Å². The molecule has 0 atom stereocenters. The van der Waals surface area contributed by atoms with E-state index in [1.54, 1.807) is 20.3 Å². The van der Waals surface area contributed by atoms with Crippen LogP contribution in [0.15, 0.2) is 36.5 Å². The summed E-state index contributed by atoms with van der Waals surface area (Å²) >= 11 is 0. The van der Waals surface area contributed by atoms with E-state index in [4.69, 9.17) is 0 Å². The minimum atomic E-state index is 0.179. The molecule has 0 saturated carbocycles. The highest BCUT2D eigenvalue weighted by atomic mass is 16.4. The molecule has 1 amide bonds. The number of allylic oxidation sites excluding steroid dienone is 4. The number of methoxy groups -OCH3 is 1. The number of carbonyl (C=O) groups is 1. The van der Waals surface area contributed by atoms with E-state index in [1.165, 1.54) is 0 Å². The Balaban J connectivity index is 0. The summed E-state index contributed by atoms with van der Waals surface area (Å²) in [5.41, 5.74) is 0.849. The molecule has 21 heavy (non-hydrogen) atoms. The van der Waals surface area contributed by atoms with Gasteiger partial charge in [0.05, 0.1) is 0 Å². The first kappa shape index (κ1) is 21.9. The van der Waals surface area contributed by atoms with Crippen LogP contribution in [0.25, 0.3) is 0 Å². The van der Waals surface area contributed by atoms with E-state index >= 15 is 0 Å². The van der Waals surface area contributed by atoms with Crippen LogP contribution in [0.5, 0.6) is 0 Å². The van der Waals surface area contributed by atoms with Gasteiger partial charge in [-0.1, -0.05) is 45.1 Å². The third-order valence-corrected chi connectivity index (χ3v) is 2.70. The predicted octanol–water partition coefficient (Wildman–Crippen LogP) is 4.37. The highest BCUT2D eigenvalue weighted by Crippen LogP contribution is 2.14. The first-order valence-corrected chi connectivity index (χ1v) is 7.87. The van der Waals surface area contributed by atoms with Crippen LogP contribution in [0.2, 0.25) is 0 Å². The van der Waals surface area contributed by atoms with Gasteiger partial charge in [-0.3, -0.25) is 4.79 Å². The van der Waals surface area contributed by atoms with Gasteiger partial charge in [-0.25, -0.2) is 0 Å². The molecule has 1 aliphatic rings. The maximum atomic E-state index is 12.1. The molecule has 1 fully saturated rings. The summed E-state index contributed by atoms with van der Waals surface area (Å²) in [6.07, 6.45) is 11.7. The van der Waals surface area contributed by atoms with E-state index in [1.807, 2.05) is 30.9 Å². The van der Waals surface area contributed by atoms with Crippen LogP contribution in [0, 0.1) is 0 Å². The lowest BCUT2D eigenvalue weighted by atomic mass is 10.1. The molecule has 0 N–H and O–H groups in total. The van der Waals surface area contributed by atoms with Crippen molar-refractivity contribution in [3.05, 3.63) is 36.5 Å². The standard InChI is InChI=1S/C14H21NO.C2H6O.C2H6/c1-3-5-6-10-13(9-4-2)14(16)15-11-7-8-12-15;1-3-2;1-2/h4-6,10H,2-3,7-9,11-12H2,1H3;1-2H3;1-2H3/b6-5-,13-10+;;. The molecule has 0 aromatic rings. The molecule has 0 unspecified atom stereocenters. The lowest BCUT2D eigenvalue weighted by Crippen LogP contribution is -2.28. The zero-order valence-corrected chi connectivity index (χ0v) is 14.5. The molecule has 0 aromatic heterocycles. The zero-order valence-electron chi connectivity index (χ0n) is 14.5. The van der Waals surface area contributed by atoms with Crippen LogP contribution in [0.1, 0.15) is 46.5 Å². The summed E-state index contributed by atoms with van der Waals surface area (Å²) in [4.78, 5) is 14.0. The van der Waals surface area contributed by atoms with Crippen molar-refractivity contribution in [1.29, 1.82) is 0 Å². The van der Waals surface area contributed by atoms with Crippen molar-refractivity contribution < 1.29 is 9.53 Å². The molecule has 122 valence electrons. The molecule has 1 aliphatic heterocycles. The number of amides is 1. The van der Waals surface area contributed by atoms with Gasteiger partial charge in [0.25, 0.3) is 0 Å². The Morgan fingerprint density at radius 3 is 2.19 bits per heavy atom. The Labute approximate surface area is 131 Å². The SMILES string of the molecule is C=CC/C(=C\C=C/CC)C(=O)N1CCCC1.CC.COC. The second kappa shape index (κ2) is 16.7. The number of likely N-dealkylation sites (tertiary alicyclic amines) is 1. The van der Waals surface area contributed by atoms with Crippen LogP contribution in [0.4, 0.5) is 0 Å². The summed E-state index contributed by atoms with van der Waals surface area (Å²) in [5, 5.41) is 0. The van der Waals surface area contributed by atoms with E-state index in [-0.39, 0.29) is 5.91 Å². The Kier molecular flexibility index (Phi) is 17.5. The average molecular weight is 295 g/mol. The maximum absolute atomic E-state index is 12.1. The van der Waals surface area contributed by atoms with Crippen LogP contribution in [0.3, 0.4) is 0 Å². The van der Waals surface area contributed by atoms with Crippen molar-refractivity contribution in [2.24, 2.45) is 0 Å². The zero-order chi connectivity index (χ0) is 16.5. The van der Waals surface area contributed by atoms with E-state index in [0.29, 0.717) is 6.42 Å². The average Bonchev–Trinajstić information content (AvgIpc) is 3.03. The number of rotatable bonds is 5. The molecule has 1 heterocycles. The van der Waals surface area contributed by atoms with E-state index in [2.05, 4.69) is 24.3 Å². The Hall–Kier alpha value is -1.35. The predicted molar refractivity (Wildman–Crippen MR) is 92.4 cm³/mol. The summed E-state index contributed by atoms with van der Waals surface area (Å²) in [5.74, 6) is 0.179. The molecule has 3 nitrogen and oxygen atoms in total. The first-order valence-electron chi connectivity index (χ1n) is 7.87. The lowest BCUT2D eigenvalue weighted by molar-refractivity contribution is -0.126. The summed E-state index contributed by atoms with van der Waals surface area (Å²) in [7, 11) is 3.25. The molecule has 0 bridgehead atoms. The molecule has 3 heteroatoms. The Morgan fingerprint density at radius 2 is 1.76 bits per heavy atom. The van der Waals surface area contributed by atoms with Gasteiger partial charge in [-0.05, 0) is 25.7 Å². The fourth-order valence-corrected chi connectivity index (χ4v) is 1.83. The van der Waals surface area contributed by atoms with E-state index in [0.717, 1.165) is 37.9 Å². The van der Waals surface area contributed by atoms with Crippen molar-refractivity contribution in [2.45, 2.75) is 46.5 Å². The van der Waals surface area contributed by atoms with Crippen LogP contribution < -0.4 is 0 Å². The summed E-state index contributed by atoms with van der Waals surface area (Å²) in [6, 6.07) is 0. The summed E-state index contributed by atoms with van der Waals surface area (Å²) in [6.45, 7) is 11.6. The number of nitrogens with zero attached hydrogens (tertiary/aromatic N) is 1. The lowest BCUT2D eigenvalue weighted by Gasteiger charge is -2.16. The quantitative estimate of drug-likeness (QED) is 0.428. The molecular weight excluding hydrogens is 262 g/mol. The number of carbonyl (C=O) groups excluding carboxylic acids is 1. The topological polar surface area (TPSA) is 29.5 Å². The van der Waals surface area contributed by atoms with Crippen LogP contribution in [-0.2, 0) is 9.53 Å². The van der Waals surface area contributed by atoms with Gasteiger partial charge in [-0.2, -0.15) is 0 Å². The second-order valence-electron chi connectivity index (χ2n) is 4.43. The van der Waals surface area contributed by atoms with Crippen molar-refractivity contribution >= 4 is 5.91 Å². The monoisotopic (exact) mass is 295 g/mol. The number of ether oxygens (including phenoxy) is 1. The van der Waals surface area contributed by atoms with Crippen molar-refractivity contribution in [1.82, 2.24) is 4.90 Å². The van der Waals surface area contributed by atoms with Crippen LogP contribution >= 0.6 is 0 Å². The van der Waals surface area contributed by atoms with Gasteiger partial charge in [0.1, 0.15) is 0 Å². The number of hydrogen-bond donors (Lipinski definition) is 0. The molecule has 0 aromatic carbocycles. The molecule has 0 radical (unpaired) electrons. The molecule has 1 rings (SSSR count). The smallest absolute Gasteiger partial charge is 0.250 e. The van der Waals surface area contributed by atoms with Crippen molar-refractivity contribution in [3.63, 3.8) is 0 Å². The molecule has 1 saturated heterocycles. The fraction of sp³-hybridized carbons (Fsp3) is 0.611. The minimum absolute atomic E-state index is 0.179. The normalized spacial score (nSPS) is 14.1. The van der Waals surface area contributed by atoms with Crippen molar-refractivity contribution in [2.75, 3.05) is 27.3 Å². The molecule has 0 spiro atoms. The van der Waals surface area contributed by atoms with Gasteiger partial charge in [0.2, 0.25) is 5.91 Å². The Morgan fingerprint density at radius 1 is 1.24 bits per heavy atom. The van der Waals surface area contributed by atoms with Gasteiger partial charge >= 0.3 is 0 Å². The largest absolute Gasteiger partial charge is 0.388 e. The first-order chi connectivity index (χ1) is 10.2. The third kappa shape index (κ3) is 11.0. The van der Waals surface area contributed by atoms with Gasteiger partial charge in [0.15, 0.2) is 0 Å². The van der Waals surface area contributed by atoms with Gasteiger partial charge in [-0.15, -0.1) is 6.58 Å². The third-order valence-electron chi connectivity index (χ3n) is 2.70. The van der Waals surface area contributed by atoms with Crippen LogP contribution in [-0.4, -0.2) is 38.1 Å². The van der Waals surface area contributed by atoms with Crippen molar-refractivity contribution in [3.8, 4) is 0 Å².